The number of amides is 1. The minimum absolute atomic E-state index is 0.153. The second-order valence-corrected chi connectivity index (χ2v) is 7.38. The van der Waals surface area contributed by atoms with Crippen LogP contribution in [0, 0.1) is 5.41 Å². The van der Waals surface area contributed by atoms with Crippen LogP contribution < -0.4 is 10.1 Å². The summed E-state index contributed by atoms with van der Waals surface area (Å²) in [5, 5.41) is 2.50. The maximum Gasteiger partial charge on any atom is 0.309 e. The Balaban J connectivity index is 2.55. The third-order valence-corrected chi connectivity index (χ3v) is 3.40. The normalized spacial score (nSPS) is 12.0. The molecule has 1 aromatic rings. The summed E-state index contributed by atoms with van der Waals surface area (Å²) in [6.45, 7) is 12.6. The molecule has 0 heterocycles. The predicted octanol–water partition coefficient (Wildman–Crippen LogP) is 3.83. The smallest absolute Gasteiger partial charge is 0.309 e. The first kappa shape index (κ1) is 17.5. The van der Waals surface area contributed by atoms with Gasteiger partial charge in [0.15, 0.2) is 0 Å². The average Bonchev–Trinajstić information content (AvgIpc) is 2.36. The molecule has 117 valence electrons. The summed E-state index contributed by atoms with van der Waals surface area (Å²) >= 11 is 0. The van der Waals surface area contributed by atoms with E-state index in [-0.39, 0.29) is 5.41 Å². The first-order valence-electron chi connectivity index (χ1n) is 7.58. The van der Waals surface area contributed by atoms with E-state index in [2.05, 4.69) is 52.1 Å². The number of ether oxygens (including phenoxy) is 1. The van der Waals surface area contributed by atoms with Gasteiger partial charge >= 0.3 is 6.41 Å². The van der Waals surface area contributed by atoms with Crippen molar-refractivity contribution >= 4 is 6.41 Å². The fourth-order valence-corrected chi connectivity index (χ4v) is 2.83. The van der Waals surface area contributed by atoms with E-state index in [0.717, 1.165) is 18.6 Å². The van der Waals surface area contributed by atoms with Gasteiger partial charge in [-0.05, 0) is 41.4 Å². The van der Waals surface area contributed by atoms with E-state index in [0.29, 0.717) is 18.6 Å². The Morgan fingerprint density at radius 2 is 1.71 bits per heavy atom. The Kier molecular flexibility index (Phi) is 6.25. The van der Waals surface area contributed by atoms with E-state index in [1.54, 1.807) is 6.41 Å². The second kappa shape index (κ2) is 7.48. The van der Waals surface area contributed by atoms with E-state index in [4.69, 9.17) is 4.74 Å². The molecule has 1 rings (SSSR count). The van der Waals surface area contributed by atoms with Crippen molar-refractivity contribution in [1.29, 1.82) is 0 Å². The zero-order valence-electron chi connectivity index (χ0n) is 14.0. The van der Waals surface area contributed by atoms with Crippen molar-refractivity contribution in [3.8, 4) is 5.75 Å². The fourth-order valence-electron chi connectivity index (χ4n) is 2.83. The molecular formula is C18H28NO2. The van der Waals surface area contributed by atoms with Gasteiger partial charge in [-0.1, -0.05) is 46.8 Å². The van der Waals surface area contributed by atoms with Gasteiger partial charge in [0.1, 0.15) is 5.75 Å². The minimum Gasteiger partial charge on any atom is -0.494 e. The lowest BCUT2D eigenvalue weighted by molar-refractivity contribution is 0.283. The molecule has 1 N–H and O–H groups in total. The number of hydrogen-bond donors (Lipinski definition) is 1. The average molecular weight is 290 g/mol. The molecule has 0 aliphatic rings. The number of nitrogens with one attached hydrogen (secondary N) is 1. The molecule has 1 radical (unpaired) electrons. The molecule has 21 heavy (non-hydrogen) atoms. The Morgan fingerprint density at radius 3 is 2.24 bits per heavy atom. The van der Waals surface area contributed by atoms with Crippen LogP contribution in [-0.2, 0) is 10.2 Å². The van der Waals surface area contributed by atoms with Crippen molar-refractivity contribution in [1.82, 2.24) is 5.32 Å². The summed E-state index contributed by atoms with van der Waals surface area (Å²) in [6, 6.07) is 8.36. The number of carbonyl (C=O) groups excluding carboxylic acids is 1. The van der Waals surface area contributed by atoms with Gasteiger partial charge in [0.2, 0.25) is 0 Å². The molecule has 0 saturated heterocycles. The third kappa shape index (κ3) is 6.65. The quantitative estimate of drug-likeness (QED) is 0.584. The Bertz CT molecular complexity index is 430. The summed E-state index contributed by atoms with van der Waals surface area (Å²) in [6.07, 6.45) is 3.57. The second-order valence-electron chi connectivity index (χ2n) is 7.38. The van der Waals surface area contributed by atoms with E-state index >= 15 is 0 Å². The molecule has 0 aliphatic heterocycles. The molecule has 3 heteroatoms. The molecule has 0 aromatic heterocycles. The SMILES string of the molecule is CC(C)(C)CC(C)(C)c1ccc(OCCCN[C]=O)cc1. The standard InChI is InChI=1S/C18H28NO2/c1-17(2,3)13-18(4,5)15-7-9-16(10-8-15)21-12-6-11-19-14-20/h7-10H,6,11-13H2,1-5H3,(H,19,20). The van der Waals surface area contributed by atoms with Crippen LogP contribution >= 0.6 is 0 Å². The summed E-state index contributed by atoms with van der Waals surface area (Å²) in [5.74, 6) is 0.875. The number of hydrogen-bond acceptors (Lipinski definition) is 2. The van der Waals surface area contributed by atoms with Gasteiger partial charge < -0.3 is 10.1 Å². The largest absolute Gasteiger partial charge is 0.494 e. The summed E-state index contributed by atoms with van der Waals surface area (Å²) in [4.78, 5) is 9.99. The monoisotopic (exact) mass is 290 g/mol. The maximum atomic E-state index is 9.99. The van der Waals surface area contributed by atoms with Gasteiger partial charge in [-0.3, -0.25) is 4.79 Å². The van der Waals surface area contributed by atoms with Gasteiger partial charge in [0.05, 0.1) is 6.61 Å². The lowest BCUT2D eigenvalue weighted by Crippen LogP contribution is -2.24. The zero-order chi connectivity index (χ0) is 15.9. The molecule has 0 fully saturated rings. The van der Waals surface area contributed by atoms with Crippen LogP contribution in [-0.4, -0.2) is 19.6 Å². The highest BCUT2D eigenvalue weighted by Crippen LogP contribution is 2.36. The summed E-state index contributed by atoms with van der Waals surface area (Å²) < 4.78 is 5.65. The number of benzene rings is 1. The van der Waals surface area contributed by atoms with Crippen LogP contribution in [0.4, 0.5) is 0 Å². The Hall–Kier alpha value is -1.51. The van der Waals surface area contributed by atoms with E-state index < -0.39 is 0 Å². The topological polar surface area (TPSA) is 38.3 Å². The highest BCUT2D eigenvalue weighted by Gasteiger charge is 2.27. The minimum atomic E-state index is 0.153. The lowest BCUT2D eigenvalue weighted by Gasteiger charge is -2.33. The maximum absolute atomic E-state index is 9.99. The first-order valence-corrected chi connectivity index (χ1v) is 7.58. The molecular weight excluding hydrogens is 262 g/mol. The molecule has 0 saturated carbocycles. The van der Waals surface area contributed by atoms with Crippen molar-refractivity contribution in [3.63, 3.8) is 0 Å². The molecule has 0 spiro atoms. The Labute approximate surface area is 129 Å². The summed E-state index contributed by atoms with van der Waals surface area (Å²) in [7, 11) is 0. The van der Waals surface area contributed by atoms with Gasteiger partial charge in [-0.15, -0.1) is 0 Å². The van der Waals surface area contributed by atoms with Crippen LogP contribution in [0.1, 0.15) is 53.0 Å². The van der Waals surface area contributed by atoms with Crippen LogP contribution in [0.25, 0.3) is 0 Å². The van der Waals surface area contributed by atoms with Crippen LogP contribution in [0.3, 0.4) is 0 Å². The molecule has 0 unspecified atom stereocenters. The van der Waals surface area contributed by atoms with Crippen molar-refractivity contribution in [2.24, 2.45) is 5.41 Å². The van der Waals surface area contributed by atoms with Crippen molar-refractivity contribution < 1.29 is 9.53 Å². The van der Waals surface area contributed by atoms with Crippen molar-refractivity contribution in [2.75, 3.05) is 13.2 Å². The van der Waals surface area contributed by atoms with E-state index in [1.807, 2.05) is 12.1 Å². The van der Waals surface area contributed by atoms with Crippen LogP contribution in [0.15, 0.2) is 24.3 Å². The van der Waals surface area contributed by atoms with E-state index in [9.17, 15) is 4.79 Å². The number of rotatable bonds is 8. The van der Waals surface area contributed by atoms with Gasteiger partial charge in [-0.25, -0.2) is 0 Å². The summed E-state index contributed by atoms with van der Waals surface area (Å²) in [5.41, 5.74) is 1.80. The van der Waals surface area contributed by atoms with Crippen molar-refractivity contribution in [3.05, 3.63) is 29.8 Å². The molecule has 0 aliphatic carbocycles. The van der Waals surface area contributed by atoms with Gasteiger partial charge in [-0.2, -0.15) is 0 Å². The van der Waals surface area contributed by atoms with Crippen LogP contribution in [0.5, 0.6) is 5.75 Å². The van der Waals surface area contributed by atoms with Crippen LogP contribution in [0.2, 0.25) is 0 Å². The fraction of sp³-hybridized carbons (Fsp3) is 0.611. The lowest BCUT2D eigenvalue weighted by atomic mass is 9.72. The zero-order valence-corrected chi connectivity index (χ0v) is 14.0. The van der Waals surface area contributed by atoms with Gasteiger partial charge in [0, 0.05) is 6.54 Å². The molecule has 1 amide bonds. The molecule has 1 aromatic carbocycles. The third-order valence-electron chi connectivity index (χ3n) is 3.40. The predicted molar refractivity (Wildman–Crippen MR) is 87.3 cm³/mol. The molecule has 0 bridgehead atoms. The molecule has 3 nitrogen and oxygen atoms in total. The van der Waals surface area contributed by atoms with E-state index in [1.165, 1.54) is 5.56 Å². The first-order chi connectivity index (χ1) is 9.74. The highest BCUT2D eigenvalue weighted by atomic mass is 16.5. The van der Waals surface area contributed by atoms with Gasteiger partial charge in [0.25, 0.3) is 0 Å². The highest BCUT2D eigenvalue weighted by molar-refractivity contribution is 5.46. The Morgan fingerprint density at radius 1 is 1.10 bits per heavy atom. The van der Waals surface area contributed by atoms with Crippen molar-refractivity contribution in [2.45, 2.75) is 52.9 Å². The molecule has 0 atom stereocenters.